The van der Waals surface area contributed by atoms with Crippen molar-refractivity contribution in [3.8, 4) is 0 Å². The van der Waals surface area contributed by atoms with Crippen molar-refractivity contribution in [2.24, 2.45) is 47.3 Å². The van der Waals surface area contributed by atoms with Crippen LogP contribution in [-0.4, -0.2) is 0 Å². The molecule has 8 atom stereocenters. The summed E-state index contributed by atoms with van der Waals surface area (Å²) in [5.74, 6) is 8.33. The minimum Gasteiger partial charge on any atom is -0.0776 e. The molecule has 0 aliphatic heterocycles. The van der Waals surface area contributed by atoms with Gasteiger partial charge in [-0.25, -0.2) is 0 Å². The lowest BCUT2D eigenvalue weighted by Crippen LogP contribution is -2.42. The van der Waals surface area contributed by atoms with Crippen LogP contribution in [0.25, 0.3) is 0 Å². The minimum atomic E-state index is 0.936. The Morgan fingerprint density at radius 3 is 2.15 bits per heavy atom. The predicted molar refractivity (Wildman–Crippen MR) is 109 cm³/mol. The van der Waals surface area contributed by atoms with Gasteiger partial charge >= 0.3 is 0 Å². The highest BCUT2D eigenvalue weighted by atomic mass is 14.5. The molecule has 4 saturated carbocycles. The van der Waals surface area contributed by atoms with Gasteiger partial charge < -0.3 is 0 Å². The van der Waals surface area contributed by atoms with E-state index in [1.54, 1.807) is 50.5 Å². The fraction of sp³-hybridized carbons (Fsp3) is 0.846. The van der Waals surface area contributed by atoms with Crippen LogP contribution in [0, 0.1) is 47.3 Å². The van der Waals surface area contributed by atoms with Gasteiger partial charge in [0.2, 0.25) is 0 Å². The lowest BCUT2D eigenvalue weighted by molar-refractivity contribution is 0.0110. The molecule has 0 heterocycles. The summed E-state index contributed by atoms with van der Waals surface area (Å²) in [6.45, 7) is 0. The van der Waals surface area contributed by atoms with Gasteiger partial charge in [0.15, 0.2) is 0 Å². The summed E-state index contributed by atoms with van der Waals surface area (Å²) in [6, 6.07) is 0. The zero-order chi connectivity index (χ0) is 17.1. The zero-order valence-corrected chi connectivity index (χ0v) is 16.7. The first-order chi connectivity index (χ1) is 12.8. The minimum absolute atomic E-state index is 0.936. The molecule has 0 N–H and O–H groups in total. The third kappa shape index (κ3) is 2.77. The third-order valence-electron chi connectivity index (χ3n) is 9.91. The van der Waals surface area contributed by atoms with Gasteiger partial charge in [0.1, 0.15) is 0 Å². The molecule has 0 heteroatoms. The van der Waals surface area contributed by atoms with Crippen LogP contribution in [0.4, 0.5) is 0 Å². The molecule has 0 bridgehead atoms. The molecule has 0 aromatic carbocycles. The lowest BCUT2D eigenvalue weighted by atomic mass is 9.53. The summed E-state index contributed by atoms with van der Waals surface area (Å²) in [6.07, 6.45) is 27.0. The molecule has 0 radical (unpaired) electrons. The molecule has 0 saturated heterocycles. The van der Waals surface area contributed by atoms with Crippen LogP contribution in [0.2, 0.25) is 0 Å². The highest BCUT2D eigenvalue weighted by molar-refractivity contribution is 5.34. The summed E-state index contributed by atoms with van der Waals surface area (Å²) < 4.78 is 0. The largest absolute Gasteiger partial charge is 0.0776 e. The van der Waals surface area contributed by atoms with E-state index < -0.39 is 0 Å². The second-order valence-electron chi connectivity index (χ2n) is 11.2. The van der Waals surface area contributed by atoms with E-state index in [9.17, 15) is 0 Å². The van der Waals surface area contributed by atoms with Gasteiger partial charge in [0.25, 0.3) is 0 Å². The lowest BCUT2D eigenvalue weighted by Gasteiger charge is -2.52. The van der Waals surface area contributed by atoms with Crippen LogP contribution in [0.15, 0.2) is 23.3 Å². The molecule has 0 aromatic rings. The van der Waals surface area contributed by atoms with E-state index in [0.717, 1.165) is 47.3 Å². The van der Waals surface area contributed by atoms with Gasteiger partial charge in [-0.3, -0.25) is 0 Å². The van der Waals surface area contributed by atoms with E-state index in [0.29, 0.717) is 0 Å². The Bertz CT molecular complexity index is 610. The molecule has 4 fully saturated rings. The molecule has 0 nitrogen and oxygen atoms in total. The first kappa shape index (κ1) is 16.4. The number of allylic oxidation sites excluding steroid dienone is 4. The maximum Gasteiger partial charge on any atom is -0.0156 e. The summed E-state index contributed by atoms with van der Waals surface area (Å²) >= 11 is 0. The summed E-state index contributed by atoms with van der Waals surface area (Å²) in [5, 5.41) is 0. The molecule has 0 aromatic heterocycles. The van der Waals surface area contributed by atoms with E-state index in [4.69, 9.17) is 0 Å². The van der Waals surface area contributed by atoms with Crippen molar-refractivity contribution in [1.82, 2.24) is 0 Å². The van der Waals surface area contributed by atoms with Crippen molar-refractivity contribution in [2.45, 2.75) is 89.9 Å². The van der Waals surface area contributed by atoms with Crippen LogP contribution in [0.5, 0.6) is 0 Å². The van der Waals surface area contributed by atoms with E-state index in [2.05, 4.69) is 12.2 Å². The maximum absolute atomic E-state index is 2.82. The van der Waals surface area contributed by atoms with Crippen LogP contribution in [0.1, 0.15) is 89.9 Å². The Balaban J connectivity index is 1.22. The van der Waals surface area contributed by atoms with E-state index >= 15 is 0 Å². The fourth-order valence-electron chi connectivity index (χ4n) is 8.64. The van der Waals surface area contributed by atoms with Crippen LogP contribution < -0.4 is 0 Å². The average Bonchev–Trinajstić information content (AvgIpc) is 2.67. The van der Waals surface area contributed by atoms with Gasteiger partial charge in [-0.15, -0.1) is 0 Å². The molecule has 142 valence electrons. The Kier molecular flexibility index (Phi) is 4.12. The van der Waals surface area contributed by atoms with E-state index in [1.807, 2.05) is 5.57 Å². The quantitative estimate of drug-likeness (QED) is 0.429. The van der Waals surface area contributed by atoms with Gasteiger partial charge in [-0.2, -0.15) is 0 Å². The average molecular weight is 351 g/mol. The Morgan fingerprint density at radius 2 is 1.31 bits per heavy atom. The van der Waals surface area contributed by atoms with Gasteiger partial charge in [-0.05, 0) is 111 Å². The number of hydrogen-bond donors (Lipinski definition) is 0. The molecular formula is C26H38. The van der Waals surface area contributed by atoms with Crippen molar-refractivity contribution < 1.29 is 0 Å². The van der Waals surface area contributed by atoms with Crippen molar-refractivity contribution >= 4 is 0 Å². The second-order valence-corrected chi connectivity index (χ2v) is 11.2. The normalized spacial score (nSPS) is 50.2. The highest BCUT2D eigenvalue weighted by Crippen LogP contribution is 2.56. The Hall–Kier alpha value is -0.520. The second kappa shape index (κ2) is 6.52. The van der Waals surface area contributed by atoms with Gasteiger partial charge in [0, 0.05) is 0 Å². The first-order valence-electron chi connectivity index (χ1n) is 12.3. The Morgan fingerprint density at radius 1 is 0.577 bits per heavy atom. The van der Waals surface area contributed by atoms with E-state index in [-0.39, 0.29) is 0 Å². The molecule has 26 heavy (non-hydrogen) atoms. The van der Waals surface area contributed by atoms with Gasteiger partial charge in [-0.1, -0.05) is 49.8 Å². The molecule has 6 aliphatic rings. The van der Waals surface area contributed by atoms with Crippen molar-refractivity contribution in [3.63, 3.8) is 0 Å². The van der Waals surface area contributed by atoms with E-state index in [1.165, 1.54) is 44.9 Å². The standard InChI is InChI=1S/C26H38/c1-2-6-18-10-22-14-26-16-24-12-20-8-4-3-7-19(20)11-23(24)15-25(26)13-21(22)9-17(18)5-1/h9,13,18-20,22-26H,1-8,10-12,14-16H2. The van der Waals surface area contributed by atoms with Crippen LogP contribution >= 0.6 is 0 Å². The molecular weight excluding hydrogens is 312 g/mol. The number of hydrogen-bond acceptors (Lipinski definition) is 0. The van der Waals surface area contributed by atoms with Gasteiger partial charge in [0.05, 0.1) is 0 Å². The van der Waals surface area contributed by atoms with Crippen LogP contribution in [-0.2, 0) is 0 Å². The SMILES string of the molecule is C1=C2C=C3CCCCC3CC2CC2CC3CC4CCCCC4CC3CC12. The zero-order valence-electron chi connectivity index (χ0n) is 16.7. The third-order valence-corrected chi connectivity index (χ3v) is 9.91. The Labute approximate surface area is 160 Å². The highest BCUT2D eigenvalue weighted by Gasteiger charge is 2.46. The summed E-state index contributed by atoms with van der Waals surface area (Å²) in [7, 11) is 0. The fourth-order valence-corrected chi connectivity index (χ4v) is 8.64. The number of fused-ring (bicyclic) bond motifs is 5. The summed E-state index contributed by atoms with van der Waals surface area (Å²) in [4.78, 5) is 0. The summed E-state index contributed by atoms with van der Waals surface area (Å²) in [5.41, 5.74) is 3.64. The number of rotatable bonds is 0. The molecule has 6 aliphatic carbocycles. The molecule has 8 unspecified atom stereocenters. The monoisotopic (exact) mass is 350 g/mol. The van der Waals surface area contributed by atoms with Crippen molar-refractivity contribution in [1.29, 1.82) is 0 Å². The smallest absolute Gasteiger partial charge is 0.0156 e. The topological polar surface area (TPSA) is 0 Å². The van der Waals surface area contributed by atoms with Crippen LogP contribution in [0.3, 0.4) is 0 Å². The van der Waals surface area contributed by atoms with Crippen molar-refractivity contribution in [3.05, 3.63) is 23.3 Å². The molecule has 0 spiro atoms. The molecule has 6 rings (SSSR count). The van der Waals surface area contributed by atoms with Crippen molar-refractivity contribution in [2.75, 3.05) is 0 Å². The maximum atomic E-state index is 2.82. The first-order valence-corrected chi connectivity index (χ1v) is 12.3. The molecule has 0 amide bonds. The predicted octanol–water partition coefficient (Wildman–Crippen LogP) is 7.31.